The minimum Gasteiger partial charge on any atom is -0.456 e. The van der Waals surface area contributed by atoms with E-state index in [4.69, 9.17) is 9.40 Å². The number of furan rings is 1. The van der Waals surface area contributed by atoms with Gasteiger partial charge < -0.3 is 8.98 Å². The van der Waals surface area contributed by atoms with Crippen LogP contribution in [0, 0.1) is 0 Å². The van der Waals surface area contributed by atoms with E-state index in [1.54, 1.807) is 0 Å². The second-order valence-electron chi connectivity index (χ2n) is 15.1. The van der Waals surface area contributed by atoms with E-state index < -0.39 is 5.41 Å². The number of nitrogens with zero attached hydrogens (tertiary/aromatic N) is 3. The standard InChI is InChI=1S/C54H35N3O/c1-3-16-37(17-4-1)54(38-18-5-2-6-19-38)44-22-9-13-27-49(44)57(50-28-14-10-23-45(50)54)53-29-15-24-46(55-53)36-30-32-51-42(34-36)43-35-39(31-33-52(43)58-51)56-47-25-11-7-20-40(47)41-21-8-12-26-48(41)56/h1-35H. The molecule has 0 N–H and O–H groups in total. The highest BCUT2D eigenvalue weighted by atomic mass is 16.3. The van der Waals surface area contributed by atoms with Crippen LogP contribution in [-0.4, -0.2) is 9.55 Å². The molecule has 58 heavy (non-hydrogen) atoms. The lowest BCUT2D eigenvalue weighted by Gasteiger charge is -2.46. The Balaban J connectivity index is 1.01. The highest BCUT2D eigenvalue weighted by molar-refractivity contribution is 6.11. The summed E-state index contributed by atoms with van der Waals surface area (Å²) in [5.41, 5.74) is 13.7. The van der Waals surface area contributed by atoms with Crippen molar-refractivity contribution in [2.24, 2.45) is 0 Å². The van der Waals surface area contributed by atoms with Crippen LogP contribution in [-0.2, 0) is 5.41 Å². The Kier molecular flexibility index (Phi) is 7.11. The lowest BCUT2D eigenvalue weighted by atomic mass is 9.62. The molecule has 0 fully saturated rings. The molecule has 4 heteroatoms. The number of benzene rings is 8. The van der Waals surface area contributed by atoms with E-state index in [1.807, 2.05) is 0 Å². The number of pyridine rings is 1. The Labute approximate surface area is 335 Å². The molecule has 0 atom stereocenters. The molecule has 0 aliphatic carbocycles. The van der Waals surface area contributed by atoms with Gasteiger partial charge in [-0.15, -0.1) is 0 Å². The molecule has 4 heterocycles. The number of aromatic nitrogens is 2. The molecule has 0 amide bonds. The normalized spacial score (nSPS) is 13.3. The van der Waals surface area contributed by atoms with Gasteiger partial charge in [-0.25, -0.2) is 4.98 Å². The minimum absolute atomic E-state index is 0.532. The molecule has 272 valence electrons. The summed E-state index contributed by atoms with van der Waals surface area (Å²) in [7, 11) is 0. The maximum atomic E-state index is 6.44. The van der Waals surface area contributed by atoms with E-state index in [9.17, 15) is 0 Å². The number of fused-ring (bicyclic) bond motifs is 8. The summed E-state index contributed by atoms with van der Waals surface area (Å²) < 4.78 is 8.80. The molecule has 0 radical (unpaired) electrons. The molecule has 0 unspecified atom stereocenters. The summed E-state index contributed by atoms with van der Waals surface area (Å²) in [5.74, 6) is 0.859. The van der Waals surface area contributed by atoms with Crippen LogP contribution >= 0.6 is 0 Å². The van der Waals surface area contributed by atoms with Gasteiger partial charge in [0.2, 0.25) is 0 Å². The summed E-state index contributed by atoms with van der Waals surface area (Å²) in [4.78, 5) is 7.78. The third-order valence-corrected chi connectivity index (χ3v) is 12.1. The van der Waals surface area contributed by atoms with E-state index in [1.165, 1.54) is 44.1 Å². The predicted molar refractivity (Wildman–Crippen MR) is 238 cm³/mol. The van der Waals surface area contributed by atoms with Gasteiger partial charge in [-0.05, 0) is 95.1 Å². The molecule has 0 saturated heterocycles. The summed E-state index contributed by atoms with van der Waals surface area (Å²) >= 11 is 0. The van der Waals surface area contributed by atoms with E-state index in [-0.39, 0.29) is 0 Å². The first-order chi connectivity index (χ1) is 28.8. The lowest BCUT2D eigenvalue weighted by Crippen LogP contribution is -2.37. The van der Waals surface area contributed by atoms with Crippen LogP contribution in [0.4, 0.5) is 17.2 Å². The quantitative estimate of drug-likeness (QED) is 0.176. The Hall–Kier alpha value is -7.69. The topological polar surface area (TPSA) is 34.2 Å². The van der Waals surface area contributed by atoms with Crippen LogP contribution in [0.25, 0.3) is 60.7 Å². The largest absolute Gasteiger partial charge is 0.456 e. The van der Waals surface area contributed by atoms with Crippen molar-refractivity contribution in [3.63, 3.8) is 0 Å². The fraction of sp³-hybridized carbons (Fsp3) is 0.0185. The van der Waals surface area contributed by atoms with Crippen molar-refractivity contribution >= 4 is 60.9 Å². The predicted octanol–water partition coefficient (Wildman–Crippen LogP) is 13.9. The SMILES string of the molecule is c1ccc(C2(c3ccccc3)c3ccccc3N(c3cccc(-c4ccc5oc6ccc(-n7c8ccccc8c8ccccc87)cc6c5c4)n3)c3ccccc32)cc1. The summed E-state index contributed by atoms with van der Waals surface area (Å²) in [6.45, 7) is 0. The van der Waals surface area contributed by atoms with Gasteiger partial charge in [-0.1, -0.05) is 140 Å². The number of rotatable bonds is 5. The monoisotopic (exact) mass is 741 g/mol. The van der Waals surface area contributed by atoms with E-state index >= 15 is 0 Å². The van der Waals surface area contributed by atoms with Crippen molar-refractivity contribution in [1.82, 2.24) is 9.55 Å². The third-order valence-electron chi connectivity index (χ3n) is 12.1. The van der Waals surface area contributed by atoms with E-state index in [0.29, 0.717) is 0 Å². The van der Waals surface area contributed by atoms with Crippen molar-refractivity contribution in [1.29, 1.82) is 0 Å². The summed E-state index contributed by atoms with van der Waals surface area (Å²) in [6.07, 6.45) is 0. The molecule has 0 bridgehead atoms. The molecular weight excluding hydrogens is 707 g/mol. The zero-order valence-corrected chi connectivity index (χ0v) is 31.5. The highest BCUT2D eigenvalue weighted by Gasteiger charge is 2.46. The molecule has 0 saturated carbocycles. The van der Waals surface area contributed by atoms with Crippen molar-refractivity contribution in [3.05, 3.63) is 235 Å². The van der Waals surface area contributed by atoms with Crippen LogP contribution in [0.3, 0.4) is 0 Å². The lowest BCUT2D eigenvalue weighted by molar-refractivity contribution is 0.669. The van der Waals surface area contributed by atoms with Gasteiger partial charge in [0.05, 0.1) is 33.5 Å². The summed E-state index contributed by atoms with van der Waals surface area (Å²) in [5, 5.41) is 4.62. The molecular formula is C54H35N3O. The Morgan fingerprint density at radius 3 is 1.59 bits per heavy atom. The molecule has 8 aromatic carbocycles. The van der Waals surface area contributed by atoms with Crippen LogP contribution in [0.1, 0.15) is 22.3 Å². The van der Waals surface area contributed by atoms with Crippen molar-refractivity contribution < 1.29 is 4.42 Å². The Bertz CT molecular complexity index is 3220. The minimum atomic E-state index is -0.532. The van der Waals surface area contributed by atoms with Crippen LogP contribution in [0.5, 0.6) is 0 Å². The zero-order valence-electron chi connectivity index (χ0n) is 31.5. The van der Waals surface area contributed by atoms with Crippen molar-refractivity contribution in [2.45, 2.75) is 5.41 Å². The number of hydrogen-bond acceptors (Lipinski definition) is 3. The highest BCUT2D eigenvalue weighted by Crippen LogP contribution is 2.57. The van der Waals surface area contributed by atoms with E-state index in [2.05, 4.69) is 222 Å². The number of para-hydroxylation sites is 4. The first-order valence-corrected chi connectivity index (χ1v) is 19.8. The first-order valence-electron chi connectivity index (χ1n) is 19.8. The zero-order chi connectivity index (χ0) is 38.2. The maximum absolute atomic E-state index is 6.44. The molecule has 12 rings (SSSR count). The van der Waals surface area contributed by atoms with Crippen LogP contribution in [0.2, 0.25) is 0 Å². The molecule has 1 aliphatic heterocycles. The average molecular weight is 742 g/mol. The van der Waals surface area contributed by atoms with Gasteiger partial charge in [0.15, 0.2) is 0 Å². The van der Waals surface area contributed by atoms with Gasteiger partial charge >= 0.3 is 0 Å². The molecule has 3 aromatic heterocycles. The van der Waals surface area contributed by atoms with Gasteiger partial charge in [0, 0.05) is 32.8 Å². The first kappa shape index (κ1) is 32.5. The van der Waals surface area contributed by atoms with Gasteiger partial charge in [0.1, 0.15) is 17.0 Å². The Morgan fingerprint density at radius 2 is 0.948 bits per heavy atom. The van der Waals surface area contributed by atoms with Gasteiger partial charge in [0.25, 0.3) is 0 Å². The van der Waals surface area contributed by atoms with Gasteiger partial charge in [-0.2, -0.15) is 0 Å². The fourth-order valence-corrected chi connectivity index (χ4v) is 9.63. The smallest absolute Gasteiger partial charge is 0.138 e. The third kappa shape index (κ3) is 4.66. The molecule has 11 aromatic rings. The maximum Gasteiger partial charge on any atom is 0.138 e. The number of hydrogen-bond donors (Lipinski definition) is 0. The molecule has 1 aliphatic rings. The van der Waals surface area contributed by atoms with Crippen molar-refractivity contribution in [2.75, 3.05) is 4.90 Å². The van der Waals surface area contributed by atoms with Crippen molar-refractivity contribution in [3.8, 4) is 16.9 Å². The Morgan fingerprint density at radius 1 is 0.414 bits per heavy atom. The number of anilines is 3. The second kappa shape index (κ2) is 12.7. The molecule has 4 nitrogen and oxygen atoms in total. The van der Waals surface area contributed by atoms with E-state index in [0.717, 1.165) is 56.1 Å². The van der Waals surface area contributed by atoms with Crippen LogP contribution in [0.15, 0.2) is 217 Å². The summed E-state index contributed by atoms with van der Waals surface area (Å²) in [6, 6.07) is 76.0. The second-order valence-corrected chi connectivity index (χ2v) is 15.1. The fourth-order valence-electron chi connectivity index (χ4n) is 9.63. The van der Waals surface area contributed by atoms with Gasteiger partial charge in [-0.3, -0.25) is 4.90 Å². The molecule has 0 spiro atoms. The van der Waals surface area contributed by atoms with Crippen LogP contribution < -0.4 is 4.90 Å². The average Bonchev–Trinajstić information content (AvgIpc) is 3.84.